The first-order chi connectivity index (χ1) is 7.27. The minimum Gasteiger partial charge on any atom is -0.504 e. The maximum atomic E-state index is 11.0. The normalized spacial score (nSPS) is 10.2. The van der Waals surface area contributed by atoms with Crippen LogP contribution < -0.4 is 4.74 Å². The number of aldehydes is 1. The number of aromatic hydroxyl groups is 1. The van der Waals surface area contributed by atoms with E-state index in [0.29, 0.717) is 11.8 Å². The van der Waals surface area contributed by atoms with Crippen LogP contribution in [-0.4, -0.2) is 18.5 Å². The number of phenols is 1. The van der Waals surface area contributed by atoms with Crippen molar-refractivity contribution in [2.75, 3.05) is 7.11 Å². The van der Waals surface area contributed by atoms with E-state index in [1.54, 1.807) is 6.07 Å². The molecule has 0 saturated carbocycles. The zero-order chi connectivity index (χ0) is 10.8. The Morgan fingerprint density at radius 2 is 2.07 bits per heavy atom. The fourth-order valence-electron chi connectivity index (χ4n) is 1.67. The van der Waals surface area contributed by atoms with Gasteiger partial charge < -0.3 is 9.84 Å². The van der Waals surface area contributed by atoms with E-state index in [4.69, 9.17) is 4.74 Å². The monoisotopic (exact) mass is 202 g/mol. The summed E-state index contributed by atoms with van der Waals surface area (Å²) in [5.74, 6) is 0.210. The van der Waals surface area contributed by atoms with E-state index >= 15 is 0 Å². The standard InChI is InChI=1S/C12H10O3/c1-15-12-10(7-13)9-5-3-2-4-8(9)6-11(12)14/h2-7,14H,1H3. The van der Waals surface area contributed by atoms with Crippen LogP contribution in [0, 0.1) is 0 Å². The van der Waals surface area contributed by atoms with Gasteiger partial charge in [-0.3, -0.25) is 4.79 Å². The van der Waals surface area contributed by atoms with Crippen LogP contribution in [0.1, 0.15) is 10.4 Å². The Hall–Kier alpha value is -2.03. The first-order valence-corrected chi connectivity index (χ1v) is 4.52. The molecule has 0 heterocycles. The number of carbonyl (C=O) groups is 1. The SMILES string of the molecule is COc1c(O)cc2ccccc2c1C=O. The molecule has 0 amide bonds. The first kappa shape index (κ1) is 9.52. The van der Waals surface area contributed by atoms with Crippen molar-refractivity contribution in [2.45, 2.75) is 0 Å². The van der Waals surface area contributed by atoms with Gasteiger partial charge in [-0.25, -0.2) is 0 Å². The number of methoxy groups -OCH3 is 1. The molecule has 0 aromatic heterocycles. The van der Waals surface area contributed by atoms with Crippen LogP contribution in [0.4, 0.5) is 0 Å². The van der Waals surface area contributed by atoms with Crippen molar-refractivity contribution in [2.24, 2.45) is 0 Å². The van der Waals surface area contributed by atoms with Crippen LogP contribution in [0.5, 0.6) is 11.5 Å². The van der Waals surface area contributed by atoms with Gasteiger partial charge in [0.1, 0.15) is 0 Å². The molecule has 76 valence electrons. The molecule has 3 nitrogen and oxygen atoms in total. The van der Waals surface area contributed by atoms with Gasteiger partial charge in [0.25, 0.3) is 0 Å². The molecule has 0 aliphatic heterocycles. The fourth-order valence-corrected chi connectivity index (χ4v) is 1.67. The summed E-state index contributed by atoms with van der Waals surface area (Å²) in [5, 5.41) is 11.2. The number of fused-ring (bicyclic) bond motifs is 1. The molecule has 0 aliphatic rings. The molecule has 0 unspecified atom stereocenters. The Bertz CT molecular complexity index is 518. The van der Waals surface area contributed by atoms with Crippen molar-refractivity contribution in [1.29, 1.82) is 0 Å². The lowest BCUT2D eigenvalue weighted by atomic mass is 10.0. The third-order valence-electron chi connectivity index (χ3n) is 2.34. The van der Waals surface area contributed by atoms with Crippen LogP contribution in [0.2, 0.25) is 0 Å². The summed E-state index contributed by atoms with van der Waals surface area (Å²) in [4.78, 5) is 11.0. The van der Waals surface area contributed by atoms with Crippen LogP contribution in [0.15, 0.2) is 30.3 Å². The lowest BCUT2D eigenvalue weighted by molar-refractivity contribution is 0.112. The zero-order valence-electron chi connectivity index (χ0n) is 8.23. The summed E-state index contributed by atoms with van der Waals surface area (Å²) < 4.78 is 4.99. The number of hydrogen-bond acceptors (Lipinski definition) is 3. The number of benzene rings is 2. The molecule has 0 saturated heterocycles. The second-order valence-corrected chi connectivity index (χ2v) is 3.18. The lowest BCUT2D eigenvalue weighted by Crippen LogP contribution is -1.92. The van der Waals surface area contributed by atoms with Gasteiger partial charge in [0, 0.05) is 0 Å². The van der Waals surface area contributed by atoms with Crippen molar-refractivity contribution < 1.29 is 14.6 Å². The maximum absolute atomic E-state index is 11.0. The van der Waals surface area contributed by atoms with Gasteiger partial charge in [0.05, 0.1) is 12.7 Å². The largest absolute Gasteiger partial charge is 0.504 e. The van der Waals surface area contributed by atoms with Crippen LogP contribution in [0.25, 0.3) is 10.8 Å². The van der Waals surface area contributed by atoms with E-state index < -0.39 is 0 Å². The Morgan fingerprint density at radius 3 is 2.73 bits per heavy atom. The van der Waals surface area contributed by atoms with Crippen molar-refractivity contribution >= 4 is 17.1 Å². The number of ether oxygens (including phenoxy) is 1. The minimum absolute atomic E-state index is 0.0155. The van der Waals surface area contributed by atoms with E-state index in [-0.39, 0.29) is 11.5 Å². The van der Waals surface area contributed by atoms with Crippen LogP contribution in [0.3, 0.4) is 0 Å². The molecule has 0 bridgehead atoms. The van der Waals surface area contributed by atoms with Crippen LogP contribution in [-0.2, 0) is 0 Å². The quantitative estimate of drug-likeness (QED) is 0.760. The summed E-state index contributed by atoms with van der Waals surface area (Å²) in [5.41, 5.74) is 0.383. The summed E-state index contributed by atoms with van der Waals surface area (Å²) >= 11 is 0. The zero-order valence-corrected chi connectivity index (χ0v) is 8.23. The summed E-state index contributed by atoms with van der Waals surface area (Å²) in [6.45, 7) is 0. The maximum Gasteiger partial charge on any atom is 0.171 e. The highest BCUT2D eigenvalue weighted by atomic mass is 16.5. The van der Waals surface area contributed by atoms with Gasteiger partial charge in [-0.05, 0) is 16.8 Å². The number of phenolic OH excluding ortho intramolecular Hbond substituents is 1. The molecule has 2 aromatic carbocycles. The average molecular weight is 202 g/mol. The summed E-state index contributed by atoms with van der Waals surface area (Å²) in [7, 11) is 1.43. The second-order valence-electron chi connectivity index (χ2n) is 3.18. The molecular weight excluding hydrogens is 192 g/mol. The Kier molecular flexibility index (Phi) is 2.29. The lowest BCUT2D eigenvalue weighted by Gasteiger charge is -2.09. The van der Waals surface area contributed by atoms with Gasteiger partial charge in [-0.15, -0.1) is 0 Å². The minimum atomic E-state index is -0.0155. The Balaban J connectivity index is 2.90. The van der Waals surface area contributed by atoms with E-state index in [9.17, 15) is 9.90 Å². The molecule has 1 N–H and O–H groups in total. The predicted octanol–water partition coefficient (Wildman–Crippen LogP) is 2.37. The molecule has 0 aliphatic carbocycles. The summed E-state index contributed by atoms with van der Waals surface area (Å²) in [6.07, 6.45) is 0.695. The van der Waals surface area contributed by atoms with E-state index in [1.807, 2.05) is 24.3 Å². The Labute approximate surface area is 86.9 Å². The third-order valence-corrected chi connectivity index (χ3v) is 2.34. The van der Waals surface area contributed by atoms with Gasteiger partial charge >= 0.3 is 0 Å². The topological polar surface area (TPSA) is 46.5 Å². The molecule has 2 aromatic rings. The van der Waals surface area contributed by atoms with E-state index in [1.165, 1.54) is 7.11 Å². The number of hydrogen-bond donors (Lipinski definition) is 1. The molecule has 0 spiro atoms. The molecular formula is C12H10O3. The highest BCUT2D eigenvalue weighted by Gasteiger charge is 2.12. The Morgan fingerprint density at radius 1 is 1.33 bits per heavy atom. The van der Waals surface area contributed by atoms with Crippen LogP contribution >= 0.6 is 0 Å². The highest BCUT2D eigenvalue weighted by Crippen LogP contribution is 2.35. The van der Waals surface area contributed by atoms with Gasteiger partial charge in [-0.1, -0.05) is 24.3 Å². The molecule has 15 heavy (non-hydrogen) atoms. The van der Waals surface area contributed by atoms with Gasteiger partial charge in [0.2, 0.25) is 0 Å². The molecule has 2 rings (SSSR count). The predicted molar refractivity (Wildman–Crippen MR) is 57.6 cm³/mol. The fraction of sp³-hybridized carbons (Fsp3) is 0.0833. The van der Waals surface area contributed by atoms with Gasteiger partial charge in [0.15, 0.2) is 17.8 Å². The third kappa shape index (κ3) is 1.42. The van der Waals surface area contributed by atoms with Crippen molar-refractivity contribution in [3.8, 4) is 11.5 Å². The molecule has 0 atom stereocenters. The van der Waals surface area contributed by atoms with E-state index in [0.717, 1.165) is 10.8 Å². The smallest absolute Gasteiger partial charge is 0.171 e. The second kappa shape index (κ2) is 3.61. The van der Waals surface area contributed by atoms with Gasteiger partial charge in [-0.2, -0.15) is 0 Å². The van der Waals surface area contributed by atoms with E-state index in [2.05, 4.69) is 0 Å². The molecule has 0 radical (unpaired) electrons. The molecule has 3 heteroatoms. The van der Waals surface area contributed by atoms with Crippen molar-refractivity contribution in [1.82, 2.24) is 0 Å². The number of rotatable bonds is 2. The first-order valence-electron chi connectivity index (χ1n) is 4.52. The van der Waals surface area contributed by atoms with Crippen molar-refractivity contribution in [3.05, 3.63) is 35.9 Å². The average Bonchev–Trinajstić information content (AvgIpc) is 2.27. The number of carbonyl (C=O) groups excluding carboxylic acids is 1. The van der Waals surface area contributed by atoms with Crippen molar-refractivity contribution in [3.63, 3.8) is 0 Å². The summed E-state index contributed by atoms with van der Waals surface area (Å²) in [6, 6.07) is 8.93. The highest BCUT2D eigenvalue weighted by molar-refractivity contribution is 6.02. The molecule has 0 fully saturated rings.